The monoisotopic (exact) mass is 407 g/mol. The normalized spacial score (nSPS) is 11.5. The summed E-state index contributed by atoms with van der Waals surface area (Å²) >= 11 is 0. The Balaban J connectivity index is 1.65. The third-order valence-corrected chi connectivity index (χ3v) is 4.54. The van der Waals surface area contributed by atoms with Crippen molar-refractivity contribution in [3.63, 3.8) is 0 Å². The van der Waals surface area contributed by atoms with Gasteiger partial charge < -0.3 is 19.5 Å². The Morgan fingerprint density at radius 1 is 1.07 bits per heavy atom. The molecule has 0 saturated heterocycles. The first kappa shape index (κ1) is 21.1. The summed E-state index contributed by atoms with van der Waals surface area (Å²) in [6.07, 6.45) is -0.290. The van der Waals surface area contributed by atoms with Crippen molar-refractivity contribution in [2.75, 3.05) is 7.05 Å². The fourth-order valence-corrected chi connectivity index (χ4v) is 3.04. The van der Waals surface area contributed by atoms with Crippen molar-refractivity contribution in [3.05, 3.63) is 89.3 Å². The molecule has 1 N–H and O–H groups in total. The van der Waals surface area contributed by atoms with Crippen molar-refractivity contribution in [2.24, 2.45) is 0 Å². The van der Waals surface area contributed by atoms with Crippen LogP contribution in [0, 0.1) is 6.92 Å². The maximum Gasteiger partial charge on any atom is 0.408 e. The van der Waals surface area contributed by atoms with E-state index in [9.17, 15) is 9.59 Å². The molecule has 0 unspecified atom stereocenters. The highest BCUT2D eigenvalue weighted by Crippen LogP contribution is 2.10. The molecule has 1 aromatic heterocycles. The summed E-state index contributed by atoms with van der Waals surface area (Å²) in [5.41, 5.74) is 2.45. The predicted octanol–water partition coefficient (Wildman–Crippen LogP) is 3.48. The molecule has 30 heavy (non-hydrogen) atoms. The standard InChI is InChI=1S/C23H25N3O4/c1-17-13-20(25-30-17)15-26(2)22(27)21(14-18-9-5-3-6-10-18)24-23(28)29-16-19-11-7-4-8-12-19/h3-13,21H,14-16H2,1-2H3,(H,24,28)/t21-/m1/s1. The third kappa shape index (κ3) is 6.20. The molecule has 0 radical (unpaired) electrons. The molecule has 0 saturated carbocycles. The Hall–Kier alpha value is -3.61. The molecule has 1 atom stereocenters. The zero-order valence-corrected chi connectivity index (χ0v) is 17.1. The van der Waals surface area contributed by atoms with Gasteiger partial charge in [0.15, 0.2) is 0 Å². The van der Waals surface area contributed by atoms with Crippen LogP contribution in [-0.4, -0.2) is 35.1 Å². The lowest BCUT2D eigenvalue weighted by Crippen LogP contribution is -2.48. The van der Waals surface area contributed by atoms with Gasteiger partial charge in [0.2, 0.25) is 5.91 Å². The first-order valence-corrected chi connectivity index (χ1v) is 9.69. The Morgan fingerprint density at radius 2 is 1.70 bits per heavy atom. The van der Waals surface area contributed by atoms with Crippen molar-refractivity contribution in [1.29, 1.82) is 0 Å². The van der Waals surface area contributed by atoms with Crippen LogP contribution >= 0.6 is 0 Å². The van der Waals surface area contributed by atoms with Crippen LogP contribution in [0.2, 0.25) is 0 Å². The summed E-state index contributed by atoms with van der Waals surface area (Å²) in [4.78, 5) is 27.0. The van der Waals surface area contributed by atoms with Crippen LogP contribution in [0.3, 0.4) is 0 Å². The Morgan fingerprint density at radius 3 is 2.30 bits per heavy atom. The van der Waals surface area contributed by atoms with Gasteiger partial charge in [-0.25, -0.2) is 4.79 Å². The molecule has 0 aliphatic carbocycles. The molecule has 3 aromatic rings. The largest absolute Gasteiger partial charge is 0.445 e. The van der Waals surface area contributed by atoms with Crippen molar-refractivity contribution < 1.29 is 18.8 Å². The van der Waals surface area contributed by atoms with Crippen LogP contribution < -0.4 is 5.32 Å². The van der Waals surface area contributed by atoms with E-state index in [4.69, 9.17) is 9.26 Å². The predicted molar refractivity (Wildman–Crippen MR) is 111 cm³/mol. The number of likely N-dealkylation sites (N-methyl/N-ethyl adjacent to an activating group) is 1. The van der Waals surface area contributed by atoms with Gasteiger partial charge >= 0.3 is 6.09 Å². The van der Waals surface area contributed by atoms with Crippen molar-refractivity contribution in [2.45, 2.75) is 32.5 Å². The third-order valence-electron chi connectivity index (χ3n) is 4.54. The average molecular weight is 407 g/mol. The summed E-state index contributed by atoms with van der Waals surface area (Å²) in [5, 5.41) is 6.64. The minimum absolute atomic E-state index is 0.132. The maximum absolute atomic E-state index is 13.1. The molecule has 7 heteroatoms. The zero-order chi connectivity index (χ0) is 21.3. The minimum Gasteiger partial charge on any atom is -0.445 e. The van der Waals surface area contributed by atoms with Gasteiger partial charge in [0, 0.05) is 19.5 Å². The zero-order valence-electron chi connectivity index (χ0n) is 17.1. The van der Waals surface area contributed by atoms with Crippen LogP contribution in [0.1, 0.15) is 22.6 Å². The van der Waals surface area contributed by atoms with E-state index in [-0.39, 0.29) is 19.1 Å². The van der Waals surface area contributed by atoms with E-state index in [1.807, 2.05) is 60.7 Å². The second-order valence-electron chi connectivity index (χ2n) is 7.07. The fraction of sp³-hybridized carbons (Fsp3) is 0.261. The minimum atomic E-state index is -0.770. The lowest BCUT2D eigenvalue weighted by atomic mass is 10.0. The number of aromatic nitrogens is 1. The van der Waals surface area contributed by atoms with Gasteiger partial charge in [-0.05, 0) is 18.1 Å². The van der Waals surface area contributed by atoms with E-state index in [2.05, 4.69) is 10.5 Å². The quantitative estimate of drug-likeness (QED) is 0.618. The number of benzene rings is 2. The van der Waals surface area contributed by atoms with Crippen molar-refractivity contribution >= 4 is 12.0 Å². The summed E-state index contributed by atoms with van der Waals surface area (Å²) in [5.74, 6) is 0.436. The van der Waals surface area contributed by atoms with Crippen LogP contribution in [0.4, 0.5) is 4.79 Å². The molecule has 0 fully saturated rings. The fourth-order valence-electron chi connectivity index (χ4n) is 3.04. The molecule has 0 aliphatic rings. The molecule has 2 amide bonds. The Kier molecular flexibility index (Phi) is 7.21. The Labute approximate surface area is 175 Å². The first-order chi connectivity index (χ1) is 14.5. The summed E-state index contributed by atoms with van der Waals surface area (Å²) in [6.45, 7) is 2.20. The number of ether oxygens (including phenoxy) is 1. The van der Waals surface area contributed by atoms with Gasteiger partial charge in [-0.3, -0.25) is 4.79 Å². The van der Waals surface area contributed by atoms with Gasteiger partial charge in [0.05, 0.1) is 6.54 Å². The highest BCUT2D eigenvalue weighted by atomic mass is 16.5. The number of carbonyl (C=O) groups is 2. The molecular weight excluding hydrogens is 382 g/mol. The molecule has 1 heterocycles. The highest BCUT2D eigenvalue weighted by Gasteiger charge is 2.25. The number of aryl methyl sites for hydroxylation is 1. The number of alkyl carbamates (subject to hydrolysis) is 1. The maximum atomic E-state index is 13.1. The molecule has 0 aliphatic heterocycles. The highest BCUT2D eigenvalue weighted by molar-refractivity contribution is 5.85. The van der Waals surface area contributed by atoms with Gasteiger partial charge in [-0.2, -0.15) is 0 Å². The number of rotatable bonds is 8. The van der Waals surface area contributed by atoms with Crippen LogP contribution in [-0.2, 0) is 29.1 Å². The van der Waals surface area contributed by atoms with Crippen LogP contribution in [0.5, 0.6) is 0 Å². The second-order valence-corrected chi connectivity index (χ2v) is 7.07. The SMILES string of the molecule is Cc1cc(CN(C)C(=O)[C@@H](Cc2ccccc2)NC(=O)OCc2ccccc2)no1. The summed E-state index contributed by atoms with van der Waals surface area (Å²) in [7, 11) is 1.67. The van der Waals surface area contributed by atoms with Gasteiger partial charge in [-0.1, -0.05) is 65.8 Å². The van der Waals surface area contributed by atoms with E-state index < -0.39 is 12.1 Å². The Bertz CT molecular complexity index is 957. The number of amides is 2. The number of hydrogen-bond acceptors (Lipinski definition) is 5. The molecule has 156 valence electrons. The molecule has 7 nitrogen and oxygen atoms in total. The molecule has 0 spiro atoms. The summed E-state index contributed by atoms with van der Waals surface area (Å²) in [6, 6.07) is 19.9. The van der Waals surface area contributed by atoms with Gasteiger partial charge in [0.25, 0.3) is 0 Å². The second kappa shape index (κ2) is 10.2. The van der Waals surface area contributed by atoms with E-state index in [1.165, 1.54) is 4.90 Å². The lowest BCUT2D eigenvalue weighted by molar-refractivity contribution is -0.132. The number of nitrogens with zero attached hydrogens (tertiary/aromatic N) is 2. The smallest absolute Gasteiger partial charge is 0.408 e. The van der Waals surface area contributed by atoms with E-state index >= 15 is 0 Å². The van der Waals surface area contributed by atoms with Gasteiger partial charge in [-0.15, -0.1) is 0 Å². The molecule has 3 rings (SSSR count). The molecule has 0 bridgehead atoms. The van der Waals surface area contributed by atoms with Gasteiger partial charge in [0.1, 0.15) is 24.1 Å². The van der Waals surface area contributed by atoms with E-state index in [1.54, 1.807) is 20.0 Å². The van der Waals surface area contributed by atoms with E-state index in [0.29, 0.717) is 17.9 Å². The van der Waals surface area contributed by atoms with Crippen molar-refractivity contribution in [3.8, 4) is 0 Å². The lowest BCUT2D eigenvalue weighted by Gasteiger charge is -2.24. The first-order valence-electron chi connectivity index (χ1n) is 9.69. The van der Waals surface area contributed by atoms with Crippen molar-refractivity contribution in [1.82, 2.24) is 15.4 Å². The topological polar surface area (TPSA) is 84.7 Å². The molecule has 2 aromatic carbocycles. The number of carbonyl (C=O) groups excluding carboxylic acids is 2. The van der Waals surface area contributed by atoms with Crippen LogP contribution in [0.15, 0.2) is 71.3 Å². The van der Waals surface area contributed by atoms with Crippen LogP contribution in [0.25, 0.3) is 0 Å². The number of nitrogens with one attached hydrogen (secondary N) is 1. The number of hydrogen-bond donors (Lipinski definition) is 1. The molecular formula is C23H25N3O4. The average Bonchev–Trinajstić information content (AvgIpc) is 3.17. The van der Waals surface area contributed by atoms with E-state index in [0.717, 1.165) is 11.1 Å². The summed E-state index contributed by atoms with van der Waals surface area (Å²) < 4.78 is 10.4.